The van der Waals surface area contributed by atoms with Crippen molar-refractivity contribution in [2.75, 3.05) is 6.61 Å². The van der Waals surface area contributed by atoms with E-state index in [4.69, 9.17) is 17.0 Å². The molecule has 1 heterocycles. The number of benzene rings is 1. The predicted molar refractivity (Wildman–Crippen MR) is 83.6 cm³/mol. The smallest absolute Gasteiger partial charge is 0.341 e. The fourth-order valence-electron chi connectivity index (χ4n) is 2.21. The van der Waals surface area contributed by atoms with Crippen LogP contribution in [-0.2, 0) is 11.3 Å². The highest BCUT2D eigenvalue weighted by Crippen LogP contribution is 2.20. The van der Waals surface area contributed by atoms with Gasteiger partial charge in [0.2, 0.25) is 0 Å². The number of para-hydroxylation sites is 1. The van der Waals surface area contributed by atoms with Gasteiger partial charge in [0.1, 0.15) is 0 Å². The molecule has 1 aromatic heterocycles. The van der Waals surface area contributed by atoms with E-state index < -0.39 is 0 Å². The van der Waals surface area contributed by atoms with Crippen molar-refractivity contribution in [3.05, 3.63) is 40.5 Å². The van der Waals surface area contributed by atoms with Crippen LogP contribution < -0.4 is 0 Å². The summed E-state index contributed by atoms with van der Waals surface area (Å²) in [5.74, 6) is -0.339. The van der Waals surface area contributed by atoms with Crippen LogP contribution in [0.4, 0.5) is 0 Å². The normalized spacial score (nSPS) is 10.7. The molecule has 0 saturated carbocycles. The Morgan fingerprint density at radius 2 is 2.05 bits per heavy atom. The second-order valence-corrected chi connectivity index (χ2v) is 5.06. The Morgan fingerprint density at radius 3 is 2.75 bits per heavy atom. The lowest BCUT2D eigenvalue weighted by molar-refractivity contribution is 0.0525. The van der Waals surface area contributed by atoms with Crippen molar-refractivity contribution in [3.8, 4) is 0 Å². The zero-order chi connectivity index (χ0) is 14.5. The van der Waals surface area contributed by atoms with Crippen molar-refractivity contribution in [3.63, 3.8) is 0 Å². The van der Waals surface area contributed by atoms with Gasteiger partial charge in [-0.05, 0) is 19.4 Å². The molecule has 3 nitrogen and oxygen atoms in total. The SMILES string of the molecule is CCCCn1cc(C(=O)OCC)c(=S)c2ccccc21. The van der Waals surface area contributed by atoms with E-state index in [1.54, 1.807) is 6.92 Å². The molecule has 0 aliphatic carbocycles. The summed E-state index contributed by atoms with van der Waals surface area (Å²) in [7, 11) is 0. The molecule has 20 heavy (non-hydrogen) atoms. The first-order valence-electron chi connectivity index (χ1n) is 6.98. The minimum atomic E-state index is -0.339. The van der Waals surface area contributed by atoms with Crippen LogP contribution in [0.25, 0.3) is 10.9 Å². The third kappa shape index (κ3) is 2.90. The number of aromatic nitrogens is 1. The summed E-state index contributed by atoms with van der Waals surface area (Å²) >= 11 is 5.44. The number of rotatable bonds is 5. The Balaban J connectivity index is 2.62. The number of carbonyl (C=O) groups is 1. The Labute approximate surface area is 124 Å². The van der Waals surface area contributed by atoms with Gasteiger partial charge in [-0.3, -0.25) is 0 Å². The highest BCUT2D eigenvalue weighted by Gasteiger charge is 2.13. The minimum absolute atomic E-state index is 0.339. The van der Waals surface area contributed by atoms with Crippen LogP contribution in [0.15, 0.2) is 30.5 Å². The van der Waals surface area contributed by atoms with Crippen molar-refractivity contribution in [1.29, 1.82) is 0 Å². The Kier molecular flexibility index (Phi) is 4.90. The van der Waals surface area contributed by atoms with Crippen molar-refractivity contribution in [2.45, 2.75) is 33.2 Å². The van der Waals surface area contributed by atoms with Gasteiger partial charge in [-0.2, -0.15) is 0 Å². The number of pyridine rings is 1. The minimum Gasteiger partial charge on any atom is -0.462 e. The maximum atomic E-state index is 12.0. The van der Waals surface area contributed by atoms with Gasteiger partial charge < -0.3 is 9.30 Å². The third-order valence-corrected chi connectivity index (χ3v) is 3.68. The first-order valence-corrected chi connectivity index (χ1v) is 7.39. The summed E-state index contributed by atoms with van der Waals surface area (Å²) in [6, 6.07) is 7.93. The molecule has 0 amide bonds. The molecule has 0 aliphatic heterocycles. The number of ether oxygens (including phenoxy) is 1. The average Bonchev–Trinajstić information content (AvgIpc) is 2.47. The van der Waals surface area contributed by atoms with E-state index in [-0.39, 0.29) is 5.97 Å². The van der Waals surface area contributed by atoms with Crippen molar-refractivity contribution < 1.29 is 9.53 Å². The van der Waals surface area contributed by atoms with Gasteiger partial charge in [0, 0.05) is 23.6 Å². The monoisotopic (exact) mass is 289 g/mol. The first-order chi connectivity index (χ1) is 9.69. The fraction of sp³-hybridized carbons (Fsp3) is 0.375. The second kappa shape index (κ2) is 6.66. The molecular formula is C16H19NO2S. The van der Waals surface area contributed by atoms with Crippen LogP contribution in [0.1, 0.15) is 37.0 Å². The molecule has 2 rings (SSSR count). The molecule has 0 fully saturated rings. The predicted octanol–water partition coefficient (Wildman–Crippen LogP) is 4.35. The standard InChI is InChI=1S/C16H19NO2S/c1-3-5-10-17-11-13(16(18)19-4-2)15(20)12-8-6-7-9-14(12)17/h6-9,11H,3-5,10H2,1-2H3. The van der Waals surface area contributed by atoms with Crippen molar-refractivity contribution in [1.82, 2.24) is 4.57 Å². The average molecular weight is 289 g/mol. The molecule has 0 radical (unpaired) electrons. The molecule has 0 atom stereocenters. The second-order valence-electron chi connectivity index (χ2n) is 4.66. The number of esters is 1. The molecule has 0 unspecified atom stereocenters. The van der Waals surface area contributed by atoms with E-state index in [2.05, 4.69) is 11.5 Å². The summed E-state index contributed by atoms with van der Waals surface area (Å²) in [6.07, 6.45) is 4.00. The van der Waals surface area contributed by atoms with Crippen molar-refractivity contribution in [2.24, 2.45) is 0 Å². The molecule has 0 aliphatic rings. The highest BCUT2D eigenvalue weighted by molar-refractivity contribution is 7.71. The quantitative estimate of drug-likeness (QED) is 0.606. The van der Waals surface area contributed by atoms with Gasteiger partial charge in [-0.15, -0.1) is 0 Å². The van der Waals surface area contributed by atoms with E-state index in [0.29, 0.717) is 16.7 Å². The van der Waals surface area contributed by atoms with Crippen molar-refractivity contribution >= 4 is 29.1 Å². The molecule has 0 spiro atoms. The molecule has 4 heteroatoms. The number of fused-ring (bicyclic) bond motifs is 1. The van der Waals surface area contributed by atoms with Gasteiger partial charge >= 0.3 is 5.97 Å². The maximum Gasteiger partial charge on any atom is 0.341 e. The maximum absolute atomic E-state index is 12.0. The number of carbonyl (C=O) groups excluding carboxylic acids is 1. The number of unbranched alkanes of at least 4 members (excludes halogenated alkanes) is 1. The lowest BCUT2D eigenvalue weighted by Crippen LogP contribution is -2.10. The van der Waals surface area contributed by atoms with E-state index in [1.165, 1.54) is 0 Å². The number of nitrogens with zero attached hydrogens (tertiary/aromatic N) is 1. The number of hydrogen-bond acceptors (Lipinski definition) is 3. The van der Waals surface area contributed by atoms with Crippen LogP contribution in [0.3, 0.4) is 0 Å². The molecule has 0 N–H and O–H groups in total. The molecule has 106 valence electrons. The van der Waals surface area contributed by atoms with Gasteiger partial charge in [0.25, 0.3) is 0 Å². The summed E-state index contributed by atoms with van der Waals surface area (Å²) < 4.78 is 7.77. The van der Waals surface area contributed by atoms with Gasteiger partial charge in [-0.1, -0.05) is 43.8 Å². The Morgan fingerprint density at radius 1 is 1.30 bits per heavy atom. The Bertz CT molecular complexity index is 676. The lowest BCUT2D eigenvalue weighted by atomic mass is 10.1. The van der Waals surface area contributed by atoms with Crippen LogP contribution in [0, 0.1) is 4.51 Å². The summed E-state index contributed by atoms with van der Waals surface area (Å²) in [5, 5.41) is 0.934. The highest BCUT2D eigenvalue weighted by atomic mass is 32.1. The van der Waals surface area contributed by atoms with Crippen LogP contribution >= 0.6 is 12.2 Å². The summed E-state index contributed by atoms with van der Waals surface area (Å²) in [5.41, 5.74) is 1.55. The van der Waals surface area contributed by atoms with E-state index >= 15 is 0 Å². The van der Waals surface area contributed by atoms with Gasteiger partial charge in [-0.25, -0.2) is 4.79 Å². The Hall–Kier alpha value is -1.68. The third-order valence-electron chi connectivity index (χ3n) is 3.24. The zero-order valence-corrected chi connectivity index (χ0v) is 12.7. The molecular weight excluding hydrogens is 270 g/mol. The van der Waals surface area contributed by atoms with Gasteiger partial charge in [0.05, 0.1) is 16.7 Å². The van der Waals surface area contributed by atoms with E-state index in [0.717, 1.165) is 30.3 Å². The topological polar surface area (TPSA) is 31.2 Å². The molecule has 1 aromatic carbocycles. The largest absolute Gasteiger partial charge is 0.462 e. The first kappa shape index (κ1) is 14.7. The lowest BCUT2D eigenvalue weighted by Gasteiger charge is -2.13. The summed E-state index contributed by atoms with van der Waals surface area (Å²) in [6.45, 7) is 5.18. The number of aryl methyl sites for hydroxylation is 1. The zero-order valence-electron chi connectivity index (χ0n) is 11.9. The molecule has 2 aromatic rings. The fourth-order valence-corrected chi connectivity index (χ4v) is 2.52. The van der Waals surface area contributed by atoms with Crippen LogP contribution in [0.2, 0.25) is 0 Å². The van der Waals surface area contributed by atoms with E-state index in [1.807, 2.05) is 30.5 Å². The van der Waals surface area contributed by atoms with Crippen LogP contribution in [-0.4, -0.2) is 17.1 Å². The van der Waals surface area contributed by atoms with Crippen LogP contribution in [0.5, 0.6) is 0 Å². The van der Waals surface area contributed by atoms with Gasteiger partial charge in [0.15, 0.2) is 0 Å². The summed E-state index contributed by atoms with van der Waals surface area (Å²) in [4.78, 5) is 12.0. The van der Waals surface area contributed by atoms with E-state index in [9.17, 15) is 4.79 Å². The molecule has 0 saturated heterocycles. The number of hydrogen-bond donors (Lipinski definition) is 0. The molecule has 0 bridgehead atoms.